The highest BCUT2D eigenvalue weighted by Gasteiger charge is 2.20. The maximum atomic E-state index is 11.7. The van der Waals surface area contributed by atoms with E-state index >= 15 is 0 Å². The van der Waals surface area contributed by atoms with E-state index < -0.39 is 31.6 Å². The molecule has 1 aromatic carbocycles. The van der Waals surface area contributed by atoms with Gasteiger partial charge in [0, 0.05) is 13.6 Å². The van der Waals surface area contributed by atoms with Crippen LogP contribution in [0.5, 0.6) is 0 Å². The van der Waals surface area contributed by atoms with E-state index in [9.17, 15) is 16.8 Å². The molecule has 0 radical (unpaired) electrons. The Labute approximate surface area is 107 Å². The van der Waals surface area contributed by atoms with Crippen LogP contribution in [0, 0.1) is 0 Å². The van der Waals surface area contributed by atoms with Crippen molar-refractivity contribution in [3.05, 3.63) is 35.9 Å². The van der Waals surface area contributed by atoms with Crippen LogP contribution in [0.25, 0.3) is 0 Å². The molecular formula is C10H15NO5S2. The maximum Gasteiger partial charge on any atom is 0.265 e. The minimum atomic E-state index is -4.27. The zero-order chi connectivity index (χ0) is 13.8. The molecule has 0 saturated carbocycles. The lowest BCUT2D eigenvalue weighted by molar-refractivity contribution is 0.463. The van der Waals surface area contributed by atoms with Gasteiger partial charge in [-0.3, -0.25) is 4.55 Å². The molecule has 0 aliphatic rings. The Hall–Kier alpha value is -0.960. The summed E-state index contributed by atoms with van der Waals surface area (Å²) < 4.78 is 54.1. The fraction of sp³-hybridized carbons (Fsp3) is 0.400. The second-order valence-electron chi connectivity index (χ2n) is 3.84. The summed E-state index contributed by atoms with van der Waals surface area (Å²) in [5, 5.41) is 0. The molecule has 0 heterocycles. The summed E-state index contributed by atoms with van der Waals surface area (Å²) in [5.74, 6) is -1.43. The SMILES string of the molecule is CN(Cc1ccccc1)S(=O)(=O)CCS(=O)(=O)O. The topological polar surface area (TPSA) is 91.8 Å². The Morgan fingerprint density at radius 1 is 1.06 bits per heavy atom. The molecule has 1 aromatic rings. The molecule has 0 fully saturated rings. The maximum absolute atomic E-state index is 11.7. The summed E-state index contributed by atoms with van der Waals surface area (Å²) >= 11 is 0. The van der Waals surface area contributed by atoms with E-state index in [2.05, 4.69) is 0 Å². The highest BCUT2D eigenvalue weighted by molar-refractivity contribution is 7.91. The molecule has 0 atom stereocenters. The smallest absolute Gasteiger partial charge is 0.265 e. The highest BCUT2D eigenvalue weighted by atomic mass is 32.2. The lowest BCUT2D eigenvalue weighted by Crippen LogP contribution is -2.31. The molecule has 0 aliphatic carbocycles. The largest absolute Gasteiger partial charge is 0.286 e. The predicted molar refractivity (Wildman–Crippen MR) is 68.1 cm³/mol. The third kappa shape index (κ3) is 5.13. The highest BCUT2D eigenvalue weighted by Crippen LogP contribution is 2.07. The van der Waals surface area contributed by atoms with Gasteiger partial charge in [-0.15, -0.1) is 0 Å². The molecule has 8 heteroatoms. The van der Waals surface area contributed by atoms with Crippen molar-refractivity contribution in [2.24, 2.45) is 0 Å². The van der Waals surface area contributed by atoms with Gasteiger partial charge >= 0.3 is 0 Å². The first-order chi connectivity index (χ1) is 8.21. The lowest BCUT2D eigenvalue weighted by atomic mass is 10.2. The van der Waals surface area contributed by atoms with Gasteiger partial charge in [-0.2, -0.15) is 8.42 Å². The molecule has 0 aromatic heterocycles. The molecule has 1 rings (SSSR count). The minimum Gasteiger partial charge on any atom is -0.286 e. The van der Waals surface area contributed by atoms with Crippen molar-refractivity contribution in [1.82, 2.24) is 4.31 Å². The van der Waals surface area contributed by atoms with E-state index in [1.807, 2.05) is 6.07 Å². The number of rotatable bonds is 6. The normalized spacial score (nSPS) is 12.8. The van der Waals surface area contributed by atoms with E-state index in [0.717, 1.165) is 9.87 Å². The average molecular weight is 293 g/mol. The van der Waals surface area contributed by atoms with Gasteiger partial charge in [0.2, 0.25) is 10.0 Å². The van der Waals surface area contributed by atoms with Gasteiger partial charge in [0.05, 0.1) is 11.5 Å². The molecular weight excluding hydrogens is 278 g/mol. The number of sulfonamides is 1. The van der Waals surface area contributed by atoms with Gasteiger partial charge in [-0.1, -0.05) is 30.3 Å². The summed E-state index contributed by atoms with van der Waals surface area (Å²) in [6.07, 6.45) is 0. The molecule has 0 unspecified atom stereocenters. The third-order valence-corrected chi connectivity index (χ3v) is 5.10. The molecule has 0 saturated heterocycles. The van der Waals surface area contributed by atoms with Crippen LogP contribution in [0.3, 0.4) is 0 Å². The molecule has 0 aliphatic heterocycles. The van der Waals surface area contributed by atoms with Crippen molar-refractivity contribution in [3.8, 4) is 0 Å². The van der Waals surface area contributed by atoms with Crippen molar-refractivity contribution in [2.75, 3.05) is 18.6 Å². The zero-order valence-electron chi connectivity index (χ0n) is 9.85. The van der Waals surface area contributed by atoms with Crippen molar-refractivity contribution in [1.29, 1.82) is 0 Å². The fourth-order valence-electron chi connectivity index (χ4n) is 1.31. The first-order valence-corrected chi connectivity index (χ1v) is 8.36. The van der Waals surface area contributed by atoms with E-state index in [-0.39, 0.29) is 6.54 Å². The van der Waals surface area contributed by atoms with Crippen LogP contribution in [-0.2, 0) is 26.7 Å². The van der Waals surface area contributed by atoms with Crippen LogP contribution in [0.15, 0.2) is 30.3 Å². The van der Waals surface area contributed by atoms with Crippen molar-refractivity contribution >= 4 is 20.1 Å². The predicted octanol–water partition coefficient (Wildman–Crippen LogP) is 0.336. The van der Waals surface area contributed by atoms with Gasteiger partial charge < -0.3 is 0 Å². The Balaban J connectivity index is 2.68. The fourth-order valence-corrected chi connectivity index (χ4v) is 3.65. The summed E-state index contributed by atoms with van der Waals surface area (Å²) in [7, 11) is -6.60. The second-order valence-corrected chi connectivity index (χ2v) is 7.61. The van der Waals surface area contributed by atoms with Crippen LogP contribution < -0.4 is 0 Å². The van der Waals surface area contributed by atoms with Gasteiger partial charge in [0.1, 0.15) is 0 Å². The van der Waals surface area contributed by atoms with Crippen molar-refractivity contribution < 1.29 is 21.4 Å². The molecule has 102 valence electrons. The third-order valence-electron chi connectivity index (χ3n) is 2.32. The molecule has 0 spiro atoms. The van der Waals surface area contributed by atoms with E-state index in [0.29, 0.717) is 0 Å². The van der Waals surface area contributed by atoms with Crippen LogP contribution >= 0.6 is 0 Å². The summed E-state index contributed by atoms with van der Waals surface area (Å²) in [4.78, 5) is 0. The second kappa shape index (κ2) is 5.79. The van der Waals surface area contributed by atoms with E-state index in [1.54, 1.807) is 24.3 Å². The summed E-state index contributed by atoms with van der Waals surface area (Å²) in [5.41, 5.74) is 0.801. The Morgan fingerprint density at radius 2 is 1.61 bits per heavy atom. The number of hydrogen-bond acceptors (Lipinski definition) is 4. The van der Waals surface area contributed by atoms with E-state index in [1.165, 1.54) is 7.05 Å². The van der Waals surface area contributed by atoms with Crippen LogP contribution in [-0.4, -0.2) is 44.2 Å². The Morgan fingerprint density at radius 3 is 2.11 bits per heavy atom. The van der Waals surface area contributed by atoms with Crippen LogP contribution in [0.2, 0.25) is 0 Å². The first-order valence-electron chi connectivity index (χ1n) is 5.14. The van der Waals surface area contributed by atoms with Crippen LogP contribution in [0.1, 0.15) is 5.56 Å². The van der Waals surface area contributed by atoms with Crippen LogP contribution in [0.4, 0.5) is 0 Å². The number of nitrogens with zero attached hydrogens (tertiary/aromatic N) is 1. The number of benzene rings is 1. The monoisotopic (exact) mass is 293 g/mol. The van der Waals surface area contributed by atoms with Crippen molar-refractivity contribution in [2.45, 2.75) is 6.54 Å². The molecule has 1 N–H and O–H groups in total. The average Bonchev–Trinajstić information content (AvgIpc) is 2.27. The summed E-state index contributed by atoms with van der Waals surface area (Å²) in [6, 6.07) is 8.93. The number of hydrogen-bond donors (Lipinski definition) is 1. The molecule has 18 heavy (non-hydrogen) atoms. The standard InChI is InChI=1S/C10H15NO5S2/c1-11(9-10-5-3-2-4-6-10)17(12,13)7-8-18(14,15)16/h2-6H,7-9H2,1H3,(H,14,15,16). The lowest BCUT2D eigenvalue weighted by Gasteiger charge is -2.16. The van der Waals surface area contributed by atoms with E-state index in [4.69, 9.17) is 4.55 Å². The molecule has 0 bridgehead atoms. The Bertz CT molecular complexity index is 580. The molecule has 6 nitrogen and oxygen atoms in total. The van der Waals surface area contributed by atoms with Gasteiger partial charge in [0.25, 0.3) is 10.1 Å². The summed E-state index contributed by atoms with van der Waals surface area (Å²) in [6.45, 7) is 0.161. The first kappa shape index (κ1) is 15.1. The van der Waals surface area contributed by atoms with Gasteiger partial charge in [-0.05, 0) is 5.56 Å². The van der Waals surface area contributed by atoms with Crippen molar-refractivity contribution in [3.63, 3.8) is 0 Å². The Kier molecular flexibility index (Phi) is 4.85. The minimum absolute atomic E-state index is 0.161. The van der Waals surface area contributed by atoms with Gasteiger partial charge in [0.15, 0.2) is 0 Å². The van der Waals surface area contributed by atoms with Gasteiger partial charge in [-0.25, -0.2) is 12.7 Å². The molecule has 0 amide bonds. The zero-order valence-corrected chi connectivity index (χ0v) is 11.5. The quantitative estimate of drug-likeness (QED) is 0.763.